The SMILES string of the molecule is CCn1cc(NC(=O)c2cc(Cl)[nH]n2)cc(Cl)c1=O. The summed E-state index contributed by atoms with van der Waals surface area (Å²) in [6.07, 6.45) is 1.51. The number of carbonyl (C=O) groups excluding carboxylic acids is 1. The van der Waals surface area contributed by atoms with E-state index in [0.717, 1.165) is 0 Å². The summed E-state index contributed by atoms with van der Waals surface area (Å²) in [6, 6.07) is 2.79. The minimum absolute atomic E-state index is 0.0414. The lowest BCUT2D eigenvalue weighted by atomic mass is 10.3. The largest absolute Gasteiger partial charge is 0.319 e. The summed E-state index contributed by atoms with van der Waals surface area (Å²) in [5.74, 6) is -0.444. The second-order valence-corrected chi connectivity index (χ2v) is 4.54. The van der Waals surface area contributed by atoms with Crippen LogP contribution in [0.5, 0.6) is 0 Å². The fourth-order valence-corrected chi connectivity index (χ4v) is 1.88. The molecule has 2 N–H and O–H groups in total. The molecule has 0 bridgehead atoms. The maximum Gasteiger partial charge on any atom is 0.276 e. The van der Waals surface area contributed by atoms with Gasteiger partial charge in [-0.25, -0.2) is 0 Å². The second-order valence-electron chi connectivity index (χ2n) is 3.72. The summed E-state index contributed by atoms with van der Waals surface area (Å²) in [5, 5.41) is 9.07. The van der Waals surface area contributed by atoms with E-state index in [-0.39, 0.29) is 21.4 Å². The smallest absolute Gasteiger partial charge is 0.276 e. The van der Waals surface area contributed by atoms with Crippen LogP contribution in [0.25, 0.3) is 0 Å². The number of pyridine rings is 1. The van der Waals surface area contributed by atoms with E-state index in [1.54, 1.807) is 6.92 Å². The minimum atomic E-state index is -0.444. The summed E-state index contributed by atoms with van der Waals surface area (Å²) in [6.45, 7) is 2.26. The molecule has 0 atom stereocenters. The van der Waals surface area contributed by atoms with Crippen LogP contribution in [0, 0.1) is 0 Å². The predicted octanol–water partition coefficient (Wildman–Crippen LogP) is 2.15. The van der Waals surface area contributed by atoms with Gasteiger partial charge in [-0.15, -0.1) is 0 Å². The van der Waals surface area contributed by atoms with Crippen molar-refractivity contribution in [3.05, 3.63) is 44.6 Å². The molecule has 1 amide bonds. The van der Waals surface area contributed by atoms with Gasteiger partial charge in [0.1, 0.15) is 10.2 Å². The van der Waals surface area contributed by atoms with Crippen LogP contribution in [0.15, 0.2) is 23.1 Å². The van der Waals surface area contributed by atoms with E-state index in [4.69, 9.17) is 23.2 Å². The van der Waals surface area contributed by atoms with Gasteiger partial charge in [-0.2, -0.15) is 5.10 Å². The molecule has 19 heavy (non-hydrogen) atoms. The Morgan fingerprint density at radius 2 is 2.21 bits per heavy atom. The lowest BCUT2D eigenvalue weighted by molar-refractivity contribution is 0.102. The van der Waals surface area contributed by atoms with Crippen LogP contribution in [0.4, 0.5) is 5.69 Å². The lowest BCUT2D eigenvalue weighted by Gasteiger charge is -2.07. The third-order valence-electron chi connectivity index (χ3n) is 2.42. The van der Waals surface area contributed by atoms with Gasteiger partial charge >= 0.3 is 0 Å². The molecule has 2 aromatic heterocycles. The summed E-state index contributed by atoms with van der Waals surface area (Å²) in [5.41, 5.74) is 0.260. The van der Waals surface area contributed by atoms with Crippen LogP contribution in [-0.4, -0.2) is 20.7 Å². The van der Waals surface area contributed by atoms with Gasteiger partial charge in [0, 0.05) is 18.8 Å². The number of nitrogens with zero attached hydrogens (tertiary/aromatic N) is 2. The van der Waals surface area contributed by atoms with Gasteiger partial charge in [0.15, 0.2) is 5.69 Å². The molecular formula is C11H10Cl2N4O2. The predicted molar refractivity (Wildman–Crippen MR) is 72.9 cm³/mol. The van der Waals surface area contributed by atoms with Gasteiger partial charge in [-0.05, 0) is 13.0 Å². The number of aromatic nitrogens is 3. The zero-order chi connectivity index (χ0) is 14.0. The molecule has 6 nitrogen and oxygen atoms in total. The Kier molecular flexibility index (Phi) is 3.92. The average Bonchev–Trinajstić information content (AvgIpc) is 2.80. The Morgan fingerprint density at radius 3 is 2.79 bits per heavy atom. The maximum atomic E-state index is 11.8. The van der Waals surface area contributed by atoms with E-state index in [1.807, 2.05) is 0 Å². The molecule has 100 valence electrons. The van der Waals surface area contributed by atoms with E-state index < -0.39 is 5.91 Å². The third-order valence-corrected chi connectivity index (χ3v) is 2.88. The summed E-state index contributed by atoms with van der Waals surface area (Å²) in [7, 11) is 0. The van der Waals surface area contributed by atoms with Gasteiger partial charge < -0.3 is 9.88 Å². The van der Waals surface area contributed by atoms with Gasteiger partial charge in [-0.1, -0.05) is 23.2 Å². The minimum Gasteiger partial charge on any atom is -0.319 e. The molecule has 2 aromatic rings. The van der Waals surface area contributed by atoms with E-state index in [9.17, 15) is 9.59 Å². The Bertz CT molecular complexity index is 678. The summed E-state index contributed by atoms with van der Waals surface area (Å²) >= 11 is 11.4. The number of hydrogen-bond acceptors (Lipinski definition) is 3. The van der Waals surface area contributed by atoms with Crippen LogP contribution in [0.3, 0.4) is 0 Å². The number of amides is 1. The van der Waals surface area contributed by atoms with Gasteiger partial charge in [0.05, 0.1) is 5.69 Å². The first-order valence-electron chi connectivity index (χ1n) is 5.43. The molecule has 0 aliphatic rings. The first-order chi connectivity index (χ1) is 9.01. The quantitative estimate of drug-likeness (QED) is 0.911. The summed E-state index contributed by atoms with van der Waals surface area (Å²) < 4.78 is 1.40. The molecule has 0 aliphatic carbocycles. The number of aryl methyl sites for hydroxylation is 1. The van der Waals surface area contributed by atoms with Crippen molar-refractivity contribution in [3.63, 3.8) is 0 Å². The van der Waals surface area contributed by atoms with E-state index >= 15 is 0 Å². The molecule has 0 saturated carbocycles. The van der Waals surface area contributed by atoms with Crippen LogP contribution >= 0.6 is 23.2 Å². The Morgan fingerprint density at radius 1 is 1.47 bits per heavy atom. The highest BCUT2D eigenvalue weighted by molar-refractivity contribution is 6.31. The number of halogens is 2. The topological polar surface area (TPSA) is 79.8 Å². The van der Waals surface area contributed by atoms with Crippen molar-refractivity contribution in [2.24, 2.45) is 0 Å². The zero-order valence-corrected chi connectivity index (χ0v) is 11.4. The fraction of sp³-hybridized carbons (Fsp3) is 0.182. The highest BCUT2D eigenvalue weighted by Crippen LogP contribution is 2.13. The van der Waals surface area contributed by atoms with Gasteiger partial charge in [-0.3, -0.25) is 14.7 Å². The molecule has 2 rings (SSSR count). The highest BCUT2D eigenvalue weighted by atomic mass is 35.5. The van der Waals surface area contributed by atoms with Gasteiger partial charge in [0.25, 0.3) is 11.5 Å². The Hall–Kier alpha value is -1.79. The lowest BCUT2D eigenvalue weighted by Crippen LogP contribution is -2.21. The zero-order valence-electron chi connectivity index (χ0n) is 9.91. The second kappa shape index (κ2) is 5.46. The summed E-state index contributed by atoms with van der Waals surface area (Å²) in [4.78, 5) is 23.4. The van der Waals surface area contributed by atoms with E-state index in [1.165, 1.54) is 22.9 Å². The molecule has 8 heteroatoms. The number of carbonyl (C=O) groups is 1. The van der Waals surface area contributed by atoms with Crippen molar-refractivity contribution >= 4 is 34.8 Å². The molecule has 0 saturated heterocycles. The molecule has 0 aromatic carbocycles. The van der Waals surface area contributed by atoms with Crippen LogP contribution in [0.2, 0.25) is 10.2 Å². The average molecular weight is 301 g/mol. The maximum absolute atomic E-state index is 11.8. The number of hydrogen-bond donors (Lipinski definition) is 2. The van der Waals surface area contributed by atoms with Gasteiger partial charge in [0.2, 0.25) is 0 Å². The standard InChI is InChI=1S/C11H10Cl2N4O2/c1-2-17-5-6(3-7(12)11(17)19)14-10(18)8-4-9(13)16-15-8/h3-5H,2H2,1H3,(H,14,18)(H,15,16). The van der Waals surface area contributed by atoms with E-state index in [2.05, 4.69) is 15.5 Å². The first kappa shape index (κ1) is 13.6. The molecule has 0 radical (unpaired) electrons. The number of nitrogens with one attached hydrogen (secondary N) is 2. The van der Waals surface area contributed by atoms with Crippen molar-refractivity contribution in [2.45, 2.75) is 13.5 Å². The normalized spacial score (nSPS) is 10.5. The van der Waals surface area contributed by atoms with Crippen molar-refractivity contribution in [2.75, 3.05) is 5.32 Å². The van der Waals surface area contributed by atoms with Crippen molar-refractivity contribution < 1.29 is 4.79 Å². The van der Waals surface area contributed by atoms with E-state index in [0.29, 0.717) is 12.2 Å². The third kappa shape index (κ3) is 2.97. The number of aromatic amines is 1. The van der Waals surface area contributed by atoms with Crippen molar-refractivity contribution in [3.8, 4) is 0 Å². The number of rotatable bonds is 3. The van der Waals surface area contributed by atoms with Crippen LogP contribution < -0.4 is 10.9 Å². The first-order valence-corrected chi connectivity index (χ1v) is 6.19. The molecule has 0 unspecified atom stereocenters. The highest BCUT2D eigenvalue weighted by Gasteiger charge is 2.12. The molecule has 0 fully saturated rings. The molecule has 2 heterocycles. The molecular weight excluding hydrogens is 291 g/mol. The van der Waals surface area contributed by atoms with Crippen LogP contribution in [-0.2, 0) is 6.54 Å². The van der Waals surface area contributed by atoms with Crippen molar-refractivity contribution in [1.82, 2.24) is 14.8 Å². The molecule has 0 spiro atoms. The fourth-order valence-electron chi connectivity index (χ4n) is 1.51. The Balaban J connectivity index is 2.26. The monoisotopic (exact) mass is 300 g/mol. The number of anilines is 1. The molecule has 0 aliphatic heterocycles. The number of H-pyrrole nitrogens is 1. The van der Waals surface area contributed by atoms with Crippen molar-refractivity contribution in [1.29, 1.82) is 0 Å². The van der Waals surface area contributed by atoms with Crippen LogP contribution in [0.1, 0.15) is 17.4 Å². The Labute approximate surface area is 118 Å².